The summed E-state index contributed by atoms with van der Waals surface area (Å²) >= 11 is 0. The molecule has 0 saturated carbocycles. The fourth-order valence-electron chi connectivity index (χ4n) is 4.14. The first-order valence-electron chi connectivity index (χ1n) is 11.2. The Kier molecular flexibility index (Phi) is 6.45. The van der Waals surface area contributed by atoms with Crippen LogP contribution in [0.15, 0.2) is 33.6 Å². The van der Waals surface area contributed by atoms with Crippen LogP contribution in [0.25, 0.3) is 11.4 Å². The average Bonchev–Trinajstić information content (AvgIpc) is 3.38. The normalized spacial score (nSPS) is 19.3. The summed E-state index contributed by atoms with van der Waals surface area (Å²) in [6.45, 7) is 6.63. The number of piperidine rings is 1. The zero-order valence-electron chi connectivity index (χ0n) is 19.4. The second-order valence-corrected chi connectivity index (χ2v) is 9.53. The van der Waals surface area contributed by atoms with Crippen molar-refractivity contribution in [2.24, 2.45) is 5.92 Å². The number of nitrogens with zero attached hydrogens (tertiary/aromatic N) is 3. The Morgan fingerprint density at radius 1 is 1.15 bits per heavy atom. The highest BCUT2D eigenvalue weighted by Gasteiger charge is 2.40. The Balaban J connectivity index is 1.30. The zero-order chi connectivity index (χ0) is 24.5. The molecular formula is C23H28N4O7. The van der Waals surface area contributed by atoms with Crippen molar-refractivity contribution in [3.8, 4) is 11.4 Å². The van der Waals surface area contributed by atoms with Gasteiger partial charge in [-0.05, 0) is 63.8 Å². The van der Waals surface area contributed by atoms with Crippen LogP contribution in [0.4, 0.5) is 10.5 Å². The molecule has 0 spiro atoms. The van der Waals surface area contributed by atoms with E-state index in [4.69, 9.17) is 9.47 Å². The number of hydrogen-bond donors (Lipinski definition) is 1. The maximum absolute atomic E-state index is 13.0. The number of ether oxygens (including phenoxy) is 2. The molecule has 2 amide bonds. The maximum atomic E-state index is 13.0. The highest BCUT2D eigenvalue weighted by atomic mass is 16.6. The van der Waals surface area contributed by atoms with Gasteiger partial charge in [-0.1, -0.05) is 5.16 Å². The van der Waals surface area contributed by atoms with Crippen LogP contribution >= 0.6 is 0 Å². The quantitative estimate of drug-likeness (QED) is 0.655. The number of carbonyl (C=O) groups is 3. The maximum Gasteiger partial charge on any atom is 0.439 e. The van der Waals surface area contributed by atoms with Gasteiger partial charge in [-0.2, -0.15) is 0 Å². The molecule has 4 rings (SSSR count). The Morgan fingerprint density at radius 2 is 1.82 bits per heavy atom. The van der Waals surface area contributed by atoms with Gasteiger partial charge < -0.3 is 14.4 Å². The molecule has 0 aliphatic carbocycles. The Hall–Kier alpha value is -3.63. The lowest BCUT2D eigenvalue weighted by atomic mass is 9.93. The average molecular weight is 472 g/mol. The highest BCUT2D eigenvalue weighted by Crippen LogP contribution is 2.27. The van der Waals surface area contributed by atoms with E-state index in [1.54, 1.807) is 29.2 Å². The van der Waals surface area contributed by atoms with Crippen LogP contribution in [-0.4, -0.2) is 64.3 Å². The Bertz CT molecular complexity index is 1110. The second kappa shape index (κ2) is 9.32. The van der Waals surface area contributed by atoms with Gasteiger partial charge in [0, 0.05) is 30.8 Å². The van der Waals surface area contributed by atoms with Gasteiger partial charge in [-0.15, -0.1) is 0 Å². The minimum absolute atomic E-state index is 0.107. The molecule has 2 aliphatic rings. The van der Waals surface area contributed by atoms with Crippen molar-refractivity contribution in [3.63, 3.8) is 0 Å². The summed E-state index contributed by atoms with van der Waals surface area (Å²) in [7, 11) is 0. The number of benzene rings is 1. The Labute approximate surface area is 196 Å². The van der Waals surface area contributed by atoms with Crippen LogP contribution in [0.3, 0.4) is 0 Å². The van der Waals surface area contributed by atoms with E-state index in [2.05, 4.69) is 14.7 Å². The molecule has 1 aromatic heterocycles. The number of aromatic amines is 1. The highest BCUT2D eigenvalue weighted by molar-refractivity contribution is 5.95. The molecule has 1 aromatic carbocycles. The molecule has 3 heterocycles. The van der Waals surface area contributed by atoms with Gasteiger partial charge in [-0.3, -0.25) is 24.0 Å². The molecule has 0 bridgehead atoms. The summed E-state index contributed by atoms with van der Waals surface area (Å²) in [5.41, 5.74) is 0.663. The van der Waals surface area contributed by atoms with Crippen molar-refractivity contribution in [2.45, 2.75) is 51.7 Å². The summed E-state index contributed by atoms with van der Waals surface area (Å²) in [5, 5.41) is 3.63. The van der Waals surface area contributed by atoms with E-state index in [0.29, 0.717) is 43.6 Å². The van der Waals surface area contributed by atoms with Crippen LogP contribution in [0.1, 0.15) is 40.0 Å². The van der Waals surface area contributed by atoms with Gasteiger partial charge in [-0.25, -0.2) is 9.59 Å². The van der Waals surface area contributed by atoms with Crippen LogP contribution in [0.5, 0.6) is 0 Å². The van der Waals surface area contributed by atoms with Gasteiger partial charge in [0.25, 0.3) is 5.91 Å². The molecular weight excluding hydrogens is 444 g/mol. The number of carbonyl (C=O) groups excluding carboxylic acids is 3. The third kappa shape index (κ3) is 5.46. The molecule has 11 heteroatoms. The first-order valence-corrected chi connectivity index (χ1v) is 11.2. The van der Waals surface area contributed by atoms with E-state index in [1.165, 1.54) is 4.90 Å². The number of likely N-dealkylation sites (tertiary alicyclic amines) is 1. The molecule has 1 atom stereocenters. The molecule has 1 N–H and O–H groups in total. The van der Waals surface area contributed by atoms with Gasteiger partial charge >= 0.3 is 17.8 Å². The number of aromatic nitrogens is 2. The van der Waals surface area contributed by atoms with E-state index in [-0.39, 0.29) is 30.2 Å². The molecule has 0 radical (unpaired) electrons. The number of H-pyrrole nitrogens is 1. The van der Waals surface area contributed by atoms with Crippen molar-refractivity contribution < 1.29 is 28.4 Å². The van der Waals surface area contributed by atoms with E-state index >= 15 is 0 Å². The number of hydrogen-bond acceptors (Lipinski definition) is 8. The molecule has 182 valence electrons. The molecule has 1 unspecified atom stereocenters. The van der Waals surface area contributed by atoms with Crippen molar-refractivity contribution in [2.75, 3.05) is 24.5 Å². The largest absolute Gasteiger partial charge is 0.460 e. The fourth-order valence-corrected chi connectivity index (χ4v) is 4.14. The minimum atomic E-state index is -0.888. The number of esters is 1. The lowest BCUT2D eigenvalue weighted by Gasteiger charge is -2.33. The van der Waals surface area contributed by atoms with Crippen LogP contribution in [0.2, 0.25) is 0 Å². The van der Waals surface area contributed by atoms with E-state index < -0.39 is 23.6 Å². The van der Waals surface area contributed by atoms with E-state index in [0.717, 1.165) is 0 Å². The summed E-state index contributed by atoms with van der Waals surface area (Å²) < 4.78 is 15.2. The minimum Gasteiger partial charge on any atom is -0.460 e. The number of amides is 2. The van der Waals surface area contributed by atoms with Gasteiger partial charge in [0.2, 0.25) is 0 Å². The van der Waals surface area contributed by atoms with Crippen molar-refractivity contribution in [1.29, 1.82) is 0 Å². The predicted octanol–water partition coefficient (Wildman–Crippen LogP) is 2.33. The van der Waals surface area contributed by atoms with Crippen molar-refractivity contribution in [3.05, 3.63) is 34.8 Å². The van der Waals surface area contributed by atoms with Gasteiger partial charge in [0.15, 0.2) is 11.9 Å². The summed E-state index contributed by atoms with van der Waals surface area (Å²) in [6.07, 6.45) is 0.244. The summed E-state index contributed by atoms with van der Waals surface area (Å²) in [4.78, 5) is 54.1. The molecule has 2 fully saturated rings. The molecule has 11 nitrogen and oxygen atoms in total. The Morgan fingerprint density at radius 3 is 2.41 bits per heavy atom. The van der Waals surface area contributed by atoms with Gasteiger partial charge in [0.05, 0.1) is 6.54 Å². The second-order valence-electron chi connectivity index (χ2n) is 9.53. The number of nitrogens with one attached hydrogen (secondary N) is 1. The standard InChI is InChI=1S/C23H28N4O7/c1-23(2,3)33-18(28)12-14-8-10-26(11-9-14)20(29)17-13-27(22(31)32-17)16-6-4-15(5-7-16)19-24-21(30)34-25-19/h4-7,14,17H,8-13H2,1-3H3,(H,24,25,30). The van der Waals surface area contributed by atoms with E-state index in [1.807, 2.05) is 20.8 Å². The number of cyclic esters (lactones) is 1. The number of rotatable bonds is 5. The topological polar surface area (TPSA) is 135 Å². The fraction of sp³-hybridized carbons (Fsp3) is 0.522. The monoisotopic (exact) mass is 472 g/mol. The lowest BCUT2D eigenvalue weighted by molar-refractivity contribution is -0.156. The summed E-state index contributed by atoms with van der Waals surface area (Å²) in [5.74, 6) is -0.664. The molecule has 2 saturated heterocycles. The summed E-state index contributed by atoms with van der Waals surface area (Å²) in [6, 6.07) is 6.72. The predicted molar refractivity (Wildman–Crippen MR) is 120 cm³/mol. The smallest absolute Gasteiger partial charge is 0.439 e. The molecule has 34 heavy (non-hydrogen) atoms. The van der Waals surface area contributed by atoms with E-state index in [9.17, 15) is 19.2 Å². The SMILES string of the molecule is CC(C)(C)OC(=O)CC1CCN(C(=O)C2CN(c3ccc(-c4noc(=O)[nH]4)cc3)C(=O)O2)CC1. The van der Waals surface area contributed by atoms with Gasteiger partial charge in [0.1, 0.15) is 5.60 Å². The van der Waals surface area contributed by atoms with Crippen molar-refractivity contribution >= 4 is 23.7 Å². The van der Waals surface area contributed by atoms with Crippen LogP contribution in [0, 0.1) is 5.92 Å². The van der Waals surface area contributed by atoms with Crippen LogP contribution in [-0.2, 0) is 19.1 Å². The number of anilines is 1. The molecule has 2 aliphatic heterocycles. The van der Waals surface area contributed by atoms with Crippen LogP contribution < -0.4 is 10.7 Å². The first-order chi connectivity index (χ1) is 16.1. The zero-order valence-corrected chi connectivity index (χ0v) is 19.4. The third-order valence-corrected chi connectivity index (χ3v) is 5.78. The first kappa shape index (κ1) is 23.5. The third-order valence-electron chi connectivity index (χ3n) is 5.78. The molecule has 2 aromatic rings. The lowest BCUT2D eigenvalue weighted by Crippen LogP contribution is -2.45. The van der Waals surface area contributed by atoms with Crippen molar-refractivity contribution in [1.82, 2.24) is 15.0 Å².